The van der Waals surface area contributed by atoms with Crippen molar-refractivity contribution in [2.24, 2.45) is 0 Å². The van der Waals surface area contributed by atoms with E-state index < -0.39 is 0 Å². The van der Waals surface area contributed by atoms with Crippen molar-refractivity contribution in [3.63, 3.8) is 0 Å². The summed E-state index contributed by atoms with van der Waals surface area (Å²) in [4.78, 5) is 7.35. The van der Waals surface area contributed by atoms with Crippen LogP contribution in [0.3, 0.4) is 0 Å². The smallest absolute Gasteiger partial charge is 0.115 e. The van der Waals surface area contributed by atoms with E-state index in [1.165, 1.54) is 6.33 Å². The molecule has 0 unspecified atom stereocenters. The Labute approximate surface area is 71.9 Å². The van der Waals surface area contributed by atoms with Gasteiger partial charge in [0.1, 0.15) is 6.33 Å². The highest BCUT2D eigenvalue weighted by Gasteiger charge is 1.73. The van der Waals surface area contributed by atoms with Gasteiger partial charge in [0.25, 0.3) is 0 Å². The van der Waals surface area contributed by atoms with Gasteiger partial charge < -0.3 is 5.32 Å². The zero-order valence-corrected chi connectivity index (χ0v) is 6.72. The summed E-state index contributed by atoms with van der Waals surface area (Å²) in [6, 6.07) is 1.78. The molecule has 0 spiro atoms. The van der Waals surface area contributed by atoms with E-state index in [0.717, 1.165) is 6.54 Å². The molecule has 0 atom stereocenters. The highest BCUT2D eigenvalue weighted by Crippen LogP contribution is 1.78. The van der Waals surface area contributed by atoms with E-state index in [1.54, 1.807) is 18.5 Å². The Hall–Kier alpha value is -1.64. The number of rotatable bonds is 0. The average Bonchev–Trinajstić information content (AvgIpc) is 2.24. The minimum atomic E-state index is 0.983. The highest BCUT2D eigenvalue weighted by atomic mass is 14.8. The molecule has 0 saturated heterocycles. The van der Waals surface area contributed by atoms with Crippen LogP contribution in [0.2, 0.25) is 0 Å². The van der Waals surface area contributed by atoms with Gasteiger partial charge in [0.15, 0.2) is 0 Å². The second-order valence-corrected chi connectivity index (χ2v) is 2.10. The number of hydrogen-bond donors (Lipinski definition) is 1. The van der Waals surface area contributed by atoms with Crippen LogP contribution in [-0.4, -0.2) is 16.5 Å². The summed E-state index contributed by atoms with van der Waals surface area (Å²) in [7, 11) is 0. The van der Waals surface area contributed by atoms with Crippen molar-refractivity contribution in [3.05, 3.63) is 49.2 Å². The number of hydrogen-bond acceptors (Lipinski definition) is 3. The van der Waals surface area contributed by atoms with Crippen molar-refractivity contribution in [3.8, 4) is 0 Å². The monoisotopic (exact) mass is 161 g/mol. The predicted octanol–water partition coefficient (Wildman–Crippen LogP) is 1.14. The zero-order chi connectivity index (χ0) is 8.49. The van der Waals surface area contributed by atoms with Crippen LogP contribution < -0.4 is 5.32 Å². The third kappa shape index (κ3) is 4.22. The maximum atomic E-state index is 3.67. The molecule has 12 heavy (non-hydrogen) atoms. The molecule has 0 fully saturated rings. The van der Waals surface area contributed by atoms with Crippen LogP contribution >= 0.6 is 0 Å². The van der Waals surface area contributed by atoms with Crippen molar-refractivity contribution in [2.45, 2.75) is 0 Å². The molecule has 1 N–H and O–H groups in total. The largest absolute Gasteiger partial charge is 0.387 e. The molecule has 0 bridgehead atoms. The van der Waals surface area contributed by atoms with E-state index in [1.807, 2.05) is 18.4 Å². The van der Waals surface area contributed by atoms with Gasteiger partial charge in [0.2, 0.25) is 0 Å². The summed E-state index contributed by atoms with van der Waals surface area (Å²) < 4.78 is 0. The Kier molecular flexibility index (Phi) is 4.30. The summed E-state index contributed by atoms with van der Waals surface area (Å²) in [6.45, 7) is 0.983. The van der Waals surface area contributed by atoms with Crippen LogP contribution in [0.1, 0.15) is 0 Å². The van der Waals surface area contributed by atoms with Crippen LogP contribution in [0.25, 0.3) is 0 Å². The van der Waals surface area contributed by atoms with Gasteiger partial charge in [0, 0.05) is 18.9 Å². The second-order valence-electron chi connectivity index (χ2n) is 2.10. The minimum Gasteiger partial charge on any atom is -0.387 e. The molecule has 0 aliphatic carbocycles. The first kappa shape index (κ1) is 8.46. The topological polar surface area (TPSA) is 37.8 Å². The lowest BCUT2D eigenvalue weighted by molar-refractivity contribution is 0.972. The molecule has 1 aliphatic heterocycles. The van der Waals surface area contributed by atoms with E-state index in [2.05, 4.69) is 21.4 Å². The molecule has 1 aliphatic rings. The van der Waals surface area contributed by atoms with Crippen molar-refractivity contribution < 1.29 is 0 Å². The molecule has 2 rings (SSSR count). The lowest BCUT2D eigenvalue weighted by Gasteiger charge is -1.94. The molecule has 3 heteroatoms. The molecule has 0 saturated carbocycles. The molecule has 0 radical (unpaired) electrons. The third-order valence-electron chi connectivity index (χ3n) is 1.17. The Morgan fingerprint density at radius 2 is 1.92 bits per heavy atom. The van der Waals surface area contributed by atoms with Crippen LogP contribution in [0, 0.1) is 0 Å². The lowest BCUT2D eigenvalue weighted by atomic mass is 10.4. The fraction of sp³-hybridized carbons (Fsp3) is 0.111. The fourth-order valence-electron chi connectivity index (χ4n) is 0.660. The van der Waals surface area contributed by atoms with Crippen LogP contribution in [0.5, 0.6) is 0 Å². The van der Waals surface area contributed by atoms with Crippen molar-refractivity contribution in [2.75, 3.05) is 6.54 Å². The standard InChI is InChI=1S/C5H7N.C4H4N2/c1-2-4-6-5-3-1;1-2-5-4-6-3-1/h1-4,6H,5H2;1-4H. The van der Waals surface area contributed by atoms with E-state index in [4.69, 9.17) is 0 Å². The molecule has 2 heterocycles. The minimum absolute atomic E-state index is 0.983. The van der Waals surface area contributed by atoms with Gasteiger partial charge in [-0.1, -0.05) is 12.2 Å². The van der Waals surface area contributed by atoms with Crippen molar-refractivity contribution in [1.29, 1.82) is 0 Å². The normalized spacial score (nSPS) is 12.7. The highest BCUT2D eigenvalue weighted by molar-refractivity contribution is 5.06. The molecule has 62 valence electrons. The summed E-state index contributed by atoms with van der Waals surface area (Å²) in [5.41, 5.74) is 0. The quantitative estimate of drug-likeness (QED) is 0.620. The predicted molar refractivity (Wildman–Crippen MR) is 48.3 cm³/mol. The van der Waals surface area contributed by atoms with Gasteiger partial charge >= 0.3 is 0 Å². The lowest BCUT2D eigenvalue weighted by Crippen LogP contribution is -2.05. The van der Waals surface area contributed by atoms with Gasteiger partial charge in [0.05, 0.1) is 0 Å². The number of dihydropyridines is 1. The molecule has 0 aromatic carbocycles. The van der Waals surface area contributed by atoms with Gasteiger partial charge in [-0.25, -0.2) is 9.97 Å². The first-order valence-electron chi connectivity index (χ1n) is 3.75. The van der Waals surface area contributed by atoms with E-state index >= 15 is 0 Å². The van der Waals surface area contributed by atoms with Gasteiger partial charge in [-0.15, -0.1) is 0 Å². The Balaban J connectivity index is 0.000000120. The van der Waals surface area contributed by atoms with E-state index in [0.29, 0.717) is 0 Å². The molecular weight excluding hydrogens is 150 g/mol. The molecular formula is C9H11N3. The molecule has 1 aromatic rings. The van der Waals surface area contributed by atoms with Crippen LogP contribution in [0.4, 0.5) is 0 Å². The summed E-state index contributed by atoms with van der Waals surface area (Å²) in [6.07, 6.45) is 12.9. The second kappa shape index (κ2) is 6.09. The van der Waals surface area contributed by atoms with Crippen LogP contribution in [0.15, 0.2) is 49.2 Å². The average molecular weight is 161 g/mol. The number of nitrogens with one attached hydrogen (secondary N) is 1. The summed E-state index contributed by atoms with van der Waals surface area (Å²) in [5.74, 6) is 0. The first-order valence-corrected chi connectivity index (χ1v) is 3.75. The Morgan fingerprint density at radius 3 is 2.08 bits per heavy atom. The third-order valence-corrected chi connectivity index (χ3v) is 1.17. The van der Waals surface area contributed by atoms with Gasteiger partial charge in [-0.3, -0.25) is 0 Å². The molecule has 0 amide bonds. The van der Waals surface area contributed by atoms with E-state index in [-0.39, 0.29) is 0 Å². The zero-order valence-electron chi connectivity index (χ0n) is 6.72. The Morgan fingerprint density at radius 1 is 1.08 bits per heavy atom. The maximum absolute atomic E-state index is 3.67. The van der Waals surface area contributed by atoms with Crippen molar-refractivity contribution >= 4 is 0 Å². The molecule has 1 aromatic heterocycles. The van der Waals surface area contributed by atoms with Gasteiger partial charge in [-0.2, -0.15) is 0 Å². The number of aromatic nitrogens is 2. The van der Waals surface area contributed by atoms with E-state index in [9.17, 15) is 0 Å². The first-order chi connectivity index (χ1) is 6.00. The maximum Gasteiger partial charge on any atom is 0.115 e. The Bertz CT molecular complexity index is 203. The van der Waals surface area contributed by atoms with Crippen LogP contribution in [-0.2, 0) is 0 Å². The number of allylic oxidation sites excluding steroid dienone is 2. The molecule has 3 nitrogen and oxygen atoms in total. The van der Waals surface area contributed by atoms with Gasteiger partial charge in [-0.05, 0) is 18.3 Å². The SMILES string of the molecule is C1=CCNC=C1.c1cncnc1. The van der Waals surface area contributed by atoms with Crippen molar-refractivity contribution in [1.82, 2.24) is 15.3 Å². The summed E-state index contributed by atoms with van der Waals surface area (Å²) >= 11 is 0. The fourth-order valence-corrected chi connectivity index (χ4v) is 0.660. The number of nitrogens with zero attached hydrogens (tertiary/aromatic N) is 2. The summed E-state index contributed by atoms with van der Waals surface area (Å²) in [5, 5.41) is 3.02.